The van der Waals surface area contributed by atoms with Crippen LogP contribution in [0.5, 0.6) is 0 Å². The minimum absolute atomic E-state index is 0.316. The van der Waals surface area contributed by atoms with Crippen LogP contribution in [0.4, 0.5) is 8.78 Å². The third-order valence-corrected chi connectivity index (χ3v) is 2.87. The van der Waals surface area contributed by atoms with Crippen molar-refractivity contribution in [2.24, 2.45) is 5.73 Å². The van der Waals surface area contributed by atoms with Gasteiger partial charge in [0, 0.05) is 0 Å². The van der Waals surface area contributed by atoms with E-state index in [1.807, 2.05) is 0 Å². The third-order valence-electron chi connectivity index (χ3n) is 2.87. The van der Waals surface area contributed by atoms with E-state index in [9.17, 15) is 8.78 Å². The molecule has 0 aliphatic rings. The Morgan fingerprint density at radius 1 is 0.882 bits per heavy atom. The normalized spacial score (nSPS) is 14.4. The zero-order valence-electron chi connectivity index (χ0n) is 9.45. The summed E-state index contributed by atoms with van der Waals surface area (Å²) >= 11 is 0. The van der Waals surface area contributed by atoms with Gasteiger partial charge < -0.3 is 5.73 Å². The highest BCUT2D eigenvalue weighted by Crippen LogP contribution is 2.26. The molecule has 0 heterocycles. The molecule has 2 aromatic carbocycles. The summed E-state index contributed by atoms with van der Waals surface area (Å²) in [5.41, 5.74) is 6.75. The van der Waals surface area contributed by atoms with E-state index in [0.717, 1.165) is 5.56 Å². The minimum Gasteiger partial charge on any atom is -0.318 e. The van der Waals surface area contributed by atoms with E-state index in [1.54, 1.807) is 31.2 Å². The Kier molecular flexibility index (Phi) is 2.94. The summed E-state index contributed by atoms with van der Waals surface area (Å²) in [5.74, 6) is -0.648. The Labute approximate surface area is 98.9 Å². The summed E-state index contributed by atoms with van der Waals surface area (Å²) in [6.45, 7) is 1.77. The van der Waals surface area contributed by atoms with Gasteiger partial charge in [-0.2, -0.15) is 0 Å². The van der Waals surface area contributed by atoms with Crippen molar-refractivity contribution < 1.29 is 8.78 Å². The van der Waals surface area contributed by atoms with E-state index in [0.29, 0.717) is 5.56 Å². The van der Waals surface area contributed by atoms with E-state index in [2.05, 4.69) is 0 Å². The van der Waals surface area contributed by atoms with E-state index in [-0.39, 0.29) is 11.6 Å². The van der Waals surface area contributed by atoms with Gasteiger partial charge in [0.2, 0.25) is 0 Å². The molecule has 0 spiro atoms. The molecule has 1 nitrogen and oxygen atoms in total. The number of hydrogen-bond donors (Lipinski definition) is 1. The molecule has 0 saturated heterocycles. The monoisotopic (exact) mass is 233 g/mol. The Hall–Kier alpha value is -1.74. The van der Waals surface area contributed by atoms with Gasteiger partial charge in [-0.25, -0.2) is 8.78 Å². The summed E-state index contributed by atoms with van der Waals surface area (Å²) in [6.07, 6.45) is 0. The minimum atomic E-state index is -0.837. The highest BCUT2D eigenvalue weighted by atomic mass is 19.1. The maximum Gasteiger partial charge on any atom is 0.123 e. The summed E-state index contributed by atoms with van der Waals surface area (Å²) in [7, 11) is 0. The average Bonchev–Trinajstić information content (AvgIpc) is 2.29. The number of halogens is 2. The molecule has 88 valence electrons. The highest BCUT2D eigenvalue weighted by molar-refractivity contribution is 5.37. The lowest BCUT2D eigenvalue weighted by molar-refractivity contribution is 0.577. The van der Waals surface area contributed by atoms with Gasteiger partial charge in [-0.3, -0.25) is 0 Å². The van der Waals surface area contributed by atoms with Crippen molar-refractivity contribution in [1.29, 1.82) is 0 Å². The molecule has 0 aromatic heterocycles. The van der Waals surface area contributed by atoms with E-state index in [1.165, 1.54) is 24.3 Å². The summed E-state index contributed by atoms with van der Waals surface area (Å²) < 4.78 is 26.0. The van der Waals surface area contributed by atoms with Crippen molar-refractivity contribution in [3.63, 3.8) is 0 Å². The van der Waals surface area contributed by atoms with Crippen molar-refractivity contribution in [2.75, 3.05) is 0 Å². The number of benzene rings is 2. The number of rotatable bonds is 2. The van der Waals surface area contributed by atoms with Gasteiger partial charge in [0.1, 0.15) is 11.6 Å². The Bertz CT molecular complexity index is 518. The third kappa shape index (κ3) is 2.34. The number of nitrogens with two attached hydrogens (primary N) is 1. The van der Waals surface area contributed by atoms with Crippen molar-refractivity contribution in [1.82, 2.24) is 0 Å². The second-order valence-corrected chi connectivity index (χ2v) is 4.22. The van der Waals surface area contributed by atoms with Gasteiger partial charge in [-0.1, -0.05) is 24.3 Å². The van der Waals surface area contributed by atoms with Crippen LogP contribution in [-0.2, 0) is 5.54 Å². The van der Waals surface area contributed by atoms with Crippen LogP contribution >= 0.6 is 0 Å². The molecule has 0 fully saturated rings. The lowest BCUT2D eigenvalue weighted by Gasteiger charge is -2.26. The molecule has 2 N–H and O–H groups in total. The first-order valence-corrected chi connectivity index (χ1v) is 5.31. The zero-order valence-corrected chi connectivity index (χ0v) is 9.45. The van der Waals surface area contributed by atoms with Gasteiger partial charge >= 0.3 is 0 Å². The molecule has 0 aliphatic heterocycles. The largest absolute Gasteiger partial charge is 0.318 e. The smallest absolute Gasteiger partial charge is 0.123 e. The summed E-state index contributed by atoms with van der Waals surface area (Å²) in [5, 5.41) is 0. The molecule has 3 heteroatoms. The zero-order chi connectivity index (χ0) is 12.5. The Morgan fingerprint density at radius 2 is 1.53 bits per heavy atom. The van der Waals surface area contributed by atoms with Crippen LogP contribution in [0.3, 0.4) is 0 Å². The SMILES string of the molecule is CC(N)(c1ccc(F)cc1)c1cccc(F)c1. The summed E-state index contributed by atoms with van der Waals surface area (Å²) in [4.78, 5) is 0. The van der Waals surface area contributed by atoms with Gasteiger partial charge in [0.05, 0.1) is 5.54 Å². The predicted molar refractivity (Wildman–Crippen MR) is 63.4 cm³/mol. The van der Waals surface area contributed by atoms with Crippen LogP contribution in [0.15, 0.2) is 48.5 Å². The molecular weight excluding hydrogens is 220 g/mol. The second kappa shape index (κ2) is 4.26. The first-order valence-electron chi connectivity index (χ1n) is 5.31. The van der Waals surface area contributed by atoms with E-state index >= 15 is 0 Å². The fourth-order valence-electron chi connectivity index (χ4n) is 1.77. The average molecular weight is 233 g/mol. The maximum absolute atomic E-state index is 13.2. The molecule has 1 unspecified atom stereocenters. The first-order chi connectivity index (χ1) is 8.00. The van der Waals surface area contributed by atoms with Crippen LogP contribution in [0, 0.1) is 11.6 Å². The quantitative estimate of drug-likeness (QED) is 0.847. The Balaban J connectivity index is 2.45. The predicted octanol–water partition coefficient (Wildman–Crippen LogP) is 3.19. The second-order valence-electron chi connectivity index (χ2n) is 4.22. The topological polar surface area (TPSA) is 26.0 Å². The highest BCUT2D eigenvalue weighted by Gasteiger charge is 2.23. The lowest BCUT2D eigenvalue weighted by Crippen LogP contribution is -2.34. The first kappa shape index (κ1) is 11.7. The van der Waals surface area contributed by atoms with Crippen LogP contribution in [0.25, 0.3) is 0 Å². The molecule has 1 atom stereocenters. The van der Waals surface area contributed by atoms with E-state index in [4.69, 9.17) is 5.73 Å². The summed E-state index contributed by atoms with van der Waals surface area (Å²) in [6, 6.07) is 12.0. The van der Waals surface area contributed by atoms with Gasteiger partial charge in [0.15, 0.2) is 0 Å². The molecule has 0 radical (unpaired) electrons. The van der Waals surface area contributed by atoms with E-state index < -0.39 is 5.54 Å². The fraction of sp³-hybridized carbons (Fsp3) is 0.143. The van der Waals surface area contributed by atoms with Crippen molar-refractivity contribution in [3.05, 3.63) is 71.3 Å². The molecule has 0 aliphatic carbocycles. The molecule has 0 saturated carbocycles. The molecule has 17 heavy (non-hydrogen) atoms. The maximum atomic E-state index is 13.2. The van der Waals surface area contributed by atoms with Crippen LogP contribution in [0.2, 0.25) is 0 Å². The van der Waals surface area contributed by atoms with Crippen LogP contribution in [0.1, 0.15) is 18.1 Å². The number of hydrogen-bond acceptors (Lipinski definition) is 1. The fourth-order valence-corrected chi connectivity index (χ4v) is 1.77. The van der Waals surface area contributed by atoms with Crippen LogP contribution in [-0.4, -0.2) is 0 Å². The lowest BCUT2D eigenvalue weighted by atomic mass is 9.86. The molecule has 2 aromatic rings. The molecule has 0 bridgehead atoms. The van der Waals surface area contributed by atoms with Gasteiger partial charge in [0.25, 0.3) is 0 Å². The van der Waals surface area contributed by atoms with Crippen molar-refractivity contribution >= 4 is 0 Å². The molecular formula is C14H13F2N. The van der Waals surface area contributed by atoms with Crippen molar-refractivity contribution in [2.45, 2.75) is 12.5 Å². The molecule has 2 rings (SSSR count). The van der Waals surface area contributed by atoms with Crippen LogP contribution < -0.4 is 5.73 Å². The van der Waals surface area contributed by atoms with Gasteiger partial charge in [-0.15, -0.1) is 0 Å². The van der Waals surface area contributed by atoms with Gasteiger partial charge in [-0.05, 0) is 42.3 Å². The molecule has 0 amide bonds. The standard InChI is InChI=1S/C14H13F2N/c1-14(17,10-5-7-12(15)8-6-10)11-3-2-4-13(16)9-11/h2-9H,17H2,1H3. The Morgan fingerprint density at radius 3 is 2.12 bits per heavy atom. The van der Waals surface area contributed by atoms with Crippen molar-refractivity contribution in [3.8, 4) is 0 Å².